The molecule has 1 N–H and O–H groups in total. The van der Waals surface area contributed by atoms with E-state index in [1.807, 2.05) is 65.0 Å². The number of carbonyl (C=O) groups excluding carboxylic acids is 2. The van der Waals surface area contributed by atoms with Gasteiger partial charge in [0.2, 0.25) is 5.91 Å². The third-order valence-corrected chi connectivity index (χ3v) is 3.82. The fraction of sp³-hybridized carbons (Fsp3) is 0.556. The maximum atomic E-state index is 12.7. The SMILES string of the molecule is CC(C)N1CC(C(=O)Nc2ccccc2)N(C(=O)OC(C)(C)C)C1. The number of benzene rings is 1. The average molecular weight is 333 g/mol. The first kappa shape index (κ1) is 18.3. The molecule has 0 saturated carbocycles. The summed E-state index contributed by atoms with van der Waals surface area (Å²) in [5.74, 6) is -0.199. The number of anilines is 1. The maximum absolute atomic E-state index is 12.7. The Morgan fingerprint density at radius 3 is 2.38 bits per heavy atom. The number of nitrogens with one attached hydrogen (secondary N) is 1. The average Bonchev–Trinajstić information content (AvgIpc) is 2.92. The van der Waals surface area contributed by atoms with Gasteiger partial charge in [0.25, 0.3) is 0 Å². The second-order valence-electron chi connectivity index (χ2n) is 7.33. The Morgan fingerprint density at radius 1 is 1.21 bits per heavy atom. The first-order valence-electron chi connectivity index (χ1n) is 8.27. The van der Waals surface area contributed by atoms with Crippen LogP contribution in [0.2, 0.25) is 0 Å². The molecule has 1 aliphatic rings. The van der Waals surface area contributed by atoms with Gasteiger partial charge in [-0.25, -0.2) is 4.79 Å². The first-order chi connectivity index (χ1) is 11.2. The van der Waals surface area contributed by atoms with Crippen molar-refractivity contribution in [2.45, 2.75) is 52.3 Å². The number of hydrogen-bond donors (Lipinski definition) is 1. The number of carbonyl (C=O) groups is 2. The Balaban J connectivity index is 2.13. The lowest BCUT2D eigenvalue weighted by Gasteiger charge is -2.27. The van der Waals surface area contributed by atoms with Crippen LogP contribution >= 0.6 is 0 Å². The zero-order valence-corrected chi connectivity index (χ0v) is 15.1. The molecule has 24 heavy (non-hydrogen) atoms. The Morgan fingerprint density at radius 2 is 1.83 bits per heavy atom. The van der Waals surface area contributed by atoms with Crippen molar-refractivity contribution >= 4 is 17.7 Å². The summed E-state index contributed by atoms with van der Waals surface area (Å²) < 4.78 is 5.46. The predicted molar refractivity (Wildman–Crippen MR) is 93.6 cm³/mol. The minimum Gasteiger partial charge on any atom is -0.444 e. The molecule has 6 nitrogen and oxygen atoms in total. The molecular formula is C18H27N3O3. The summed E-state index contributed by atoms with van der Waals surface area (Å²) in [6.45, 7) is 10.4. The summed E-state index contributed by atoms with van der Waals surface area (Å²) >= 11 is 0. The lowest BCUT2D eigenvalue weighted by molar-refractivity contribution is -0.120. The van der Waals surface area contributed by atoms with Crippen molar-refractivity contribution in [1.29, 1.82) is 0 Å². The summed E-state index contributed by atoms with van der Waals surface area (Å²) in [4.78, 5) is 28.8. The van der Waals surface area contributed by atoms with Crippen LogP contribution in [0.3, 0.4) is 0 Å². The fourth-order valence-electron chi connectivity index (χ4n) is 2.52. The number of amides is 2. The van der Waals surface area contributed by atoms with E-state index in [4.69, 9.17) is 4.74 Å². The highest BCUT2D eigenvalue weighted by molar-refractivity contribution is 5.97. The summed E-state index contributed by atoms with van der Waals surface area (Å²) in [5, 5.41) is 2.88. The molecule has 1 unspecified atom stereocenters. The van der Waals surface area contributed by atoms with Crippen LogP contribution in [0.1, 0.15) is 34.6 Å². The van der Waals surface area contributed by atoms with Crippen LogP contribution in [0.5, 0.6) is 0 Å². The van der Waals surface area contributed by atoms with Gasteiger partial charge in [-0.05, 0) is 46.8 Å². The van der Waals surface area contributed by atoms with Crippen molar-refractivity contribution in [1.82, 2.24) is 9.80 Å². The molecule has 1 aliphatic heterocycles. The molecular weight excluding hydrogens is 306 g/mol. The van der Waals surface area contributed by atoms with Gasteiger partial charge in [0.05, 0.1) is 6.67 Å². The van der Waals surface area contributed by atoms with E-state index in [9.17, 15) is 9.59 Å². The standard InChI is InChI=1S/C18H27N3O3/c1-13(2)20-11-15(16(22)19-14-9-7-6-8-10-14)21(12-20)17(23)24-18(3,4)5/h6-10,13,15H,11-12H2,1-5H3,(H,19,22). The predicted octanol–water partition coefficient (Wildman–Crippen LogP) is 2.91. The number of para-hydroxylation sites is 1. The van der Waals surface area contributed by atoms with E-state index >= 15 is 0 Å². The summed E-state index contributed by atoms with van der Waals surface area (Å²) in [5.41, 5.74) is 0.123. The van der Waals surface area contributed by atoms with E-state index < -0.39 is 17.7 Å². The zero-order valence-electron chi connectivity index (χ0n) is 15.1. The topological polar surface area (TPSA) is 61.9 Å². The second kappa shape index (κ2) is 7.21. The van der Waals surface area contributed by atoms with E-state index in [0.717, 1.165) is 5.69 Å². The van der Waals surface area contributed by atoms with Gasteiger partial charge in [-0.3, -0.25) is 14.6 Å². The van der Waals surface area contributed by atoms with E-state index in [1.165, 1.54) is 4.90 Å². The van der Waals surface area contributed by atoms with Crippen LogP contribution in [0.25, 0.3) is 0 Å². The quantitative estimate of drug-likeness (QED) is 0.924. The van der Waals surface area contributed by atoms with Gasteiger partial charge >= 0.3 is 6.09 Å². The van der Waals surface area contributed by atoms with Crippen molar-refractivity contribution < 1.29 is 14.3 Å². The van der Waals surface area contributed by atoms with E-state index in [2.05, 4.69) is 10.2 Å². The smallest absolute Gasteiger partial charge is 0.412 e. The number of hydrogen-bond acceptors (Lipinski definition) is 4. The lowest BCUT2D eigenvalue weighted by atomic mass is 10.2. The third-order valence-electron chi connectivity index (χ3n) is 3.82. The van der Waals surface area contributed by atoms with Gasteiger partial charge in [-0.2, -0.15) is 0 Å². The number of ether oxygens (including phenoxy) is 1. The van der Waals surface area contributed by atoms with Crippen LogP contribution in [0.4, 0.5) is 10.5 Å². The maximum Gasteiger partial charge on any atom is 0.412 e. The molecule has 0 aliphatic carbocycles. The van der Waals surface area contributed by atoms with Crippen molar-refractivity contribution in [3.8, 4) is 0 Å². The molecule has 1 fully saturated rings. The molecule has 0 radical (unpaired) electrons. The monoisotopic (exact) mass is 333 g/mol. The normalized spacial score (nSPS) is 18.8. The Bertz CT molecular complexity index is 581. The van der Waals surface area contributed by atoms with E-state index in [-0.39, 0.29) is 11.9 Å². The molecule has 6 heteroatoms. The first-order valence-corrected chi connectivity index (χ1v) is 8.27. The molecule has 1 heterocycles. The van der Waals surface area contributed by atoms with Gasteiger partial charge in [0.15, 0.2) is 0 Å². The molecule has 1 saturated heterocycles. The van der Waals surface area contributed by atoms with Crippen molar-refractivity contribution in [2.75, 3.05) is 18.5 Å². The Kier molecular flexibility index (Phi) is 5.49. The van der Waals surface area contributed by atoms with Crippen LogP contribution in [-0.2, 0) is 9.53 Å². The van der Waals surface area contributed by atoms with Gasteiger partial charge < -0.3 is 10.1 Å². The van der Waals surface area contributed by atoms with Crippen LogP contribution in [0, 0.1) is 0 Å². The van der Waals surface area contributed by atoms with Crippen LogP contribution in [-0.4, -0.2) is 52.7 Å². The molecule has 1 atom stereocenters. The number of nitrogens with zero attached hydrogens (tertiary/aromatic N) is 2. The third kappa shape index (κ3) is 4.71. The van der Waals surface area contributed by atoms with Gasteiger partial charge in [0.1, 0.15) is 11.6 Å². The van der Waals surface area contributed by atoms with Gasteiger partial charge in [-0.15, -0.1) is 0 Å². The molecule has 2 rings (SSSR count). The summed E-state index contributed by atoms with van der Waals surface area (Å²) in [6.07, 6.45) is -0.459. The van der Waals surface area contributed by atoms with Crippen LogP contribution < -0.4 is 5.32 Å². The largest absolute Gasteiger partial charge is 0.444 e. The Labute approximate surface area is 143 Å². The van der Waals surface area contributed by atoms with E-state index in [1.54, 1.807) is 0 Å². The minimum absolute atomic E-state index is 0.199. The number of rotatable bonds is 3. The molecule has 1 aromatic rings. The molecule has 0 aromatic heterocycles. The summed E-state index contributed by atoms with van der Waals surface area (Å²) in [6, 6.07) is 8.92. The van der Waals surface area contributed by atoms with E-state index in [0.29, 0.717) is 13.2 Å². The zero-order chi connectivity index (χ0) is 17.9. The molecule has 132 valence electrons. The van der Waals surface area contributed by atoms with Crippen molar-refractivity contribution in [3.63, 3.8) is 0 Å². The lowest BCUT2D eigenvalue weighted by Crippen LogP contribution is -2.46. The highest BCUT2D eigenvalue weighted by Gasteiger charge is 2.41. The van der Waals surface area contributed by atoms with Gasteiger partial charge in [0, 0.05) is 18.3 Å². The Hall–Kier alpha value is -2.08. The van der Waals surface area contributed by atoms with Gasteiger partial charge in [-0.1, -0.05) is 18.2 Å². The highest BCUT2D eigenvalue weighted by Crippen LogP contribution is 2.21. The van der Waals surface area contributed by atoms with Crippen molar-refractivity contribution in [3.05, 3.63) is 30.3 Å². The van der Waals surface area contributed by atoms with Crippen LogP contribution in [0.15, 0.2) is 30.3 Å². The highest BCUT2D eigenvalue weighted by atomic mass is 16.6. The summed E-state index contributed by atoms with van der Waals surface area (Å²) in [7, 11) is 0. The molecule has 0 spiro atoms. The second-order valence-corrected chi connectivity index (χ2v) is 7.33. The van der Waals surface area contributed by atoms with Crippen molar-refractivity contribution in [2.24, 2.45) is 0 Å². The minimum atomic E-state index is -0.594. The molecule has 1 aromatic carbocycles. The molecule has 2 amide bonds. The molecule has 0 bridgehead atoms. The fourth-order valence-corrected chi connectivity index (χ4v) is 2.52.